The van der Waals surface area contributed by atoms with Crippen molar-refractivity contribution in [2.75, 3.05) is 25.4 Å². The number of para-hydroxylation sites is 1. The Morgan fingerprint density at radius 1 is 1.03 bits per heavy atom. The Hall–Kier alpha value is -2.84. The molecule has 2 heterocycles. The summed E-state index contributed by atoms with van der Waals surface area (Å²) in [5.41, 5.74) is 1.78. The maximum atomic E-state index is 12.9. The molecule has 9 heteroatoms. The quantitative estimate of drug-likeness (QED) is 0.263. The summed E-state index contributed by atoms with van der Waals surface area (Å²) in [5.74, 6) is 2.09. The second-order valence-corrected chi connectivity index (χ2v) is 11.3. The number of rotatable bonds is 9. The van der Waals surface area contributed by atoms with Crippen LogP contribution in [0.4, 0.5) is 0 Å². The van der Waals surface area contributed by atoms with Crippen LogP contribution < -0.4 is 0 Å². The summed E-state index contributed by atoms with van der Waals surface area (Å²) in [6, 6.07) is 17.6. The Labute approximate surface area is 228 Å². The van der Waals surface area contributed by atoms with Gasteiger partial charge in [-0.15, -0.1) is 10.2 Å². The summed E-state index contributed by atoms with van der Waals surface area (Å²) in [4.78, 5) is 29.2. The SMILES string of the molecule is CC(C)CC(=O)N1CCN(C(=O)CCCSc2nnc(-c3ccccc3Cl)n2-c2ccccc2)CC1C. The first-order valence-corrected chi connectivity index (χ1v) is 14.2. The highest BCUT2D eigenvalue weighted by molar-refractivity contribution is 7.99. The van der Waals surface area contributed by atoms with Crippen molar-refractivity contribution in [2.24, 2.45) is 5.92 Å². The van der Waals surface area contributed by atoms with E-state index in [4.69, 9.17) is 11.6 Å². The van der Waals surface area contributed by atoms with Crippen molar-refractivity contribution in [2.45, 2.75) is 51.2 Å². The van der Waals surface area contributed by atoms with Crippen LogP contribution in [0.1, 0.15) is 40.0 Å². The van der Waals surface area contributed by atoms with Crippen molar-refractivity contribution < 1.29 is 9.59 Å². The van der Waals surface area contributed by atoms with Crippen LogP contribution in [0.25, 0.3) is 17.1 Å². The molecule has 1 unspecified atom stereocenters. The van der Waals surface area contributed by atoms with Gasteiger partial charge in [0.2, 0.25) is 11.8 Å². The second kappa shape index (κ2) is 12.6. The molecule has 0 bridgehead atoms. The van der Waals surface area contributed by atoms with Gasteiger partial charge in [0.15, 0.2) is 11.0 Å². The van der Waals surface area contributed by atoms with E-state index in [1.54, 1.807) is 11.8 Å². The lowest BCUT2D eigenvalue weighted by Gasteiger charge is -2.40. The molecule has 0 aliphatic carbocycles. The minimum absolute atomic E-state index is 0.0472. The highest BCUT2D eigenvalue weighted by Crippen LogP contribution is 2.32. The van der Waals surface area contributed by atoms with Gasteiger partial charge in [-0.3, -0.25) is 14.2 Å². The van der Waals surface area contributed by atoms with Crippen LogP contribution in [0, 0.1) is 5.92 Å². The van der Waals surface area contributed by atoms with E-state index in [1.807, 2.05) is 75.9 Å². The topological polar surface area (TPSA) is 71.3 Å². The average molecular weight is 540 g/mol. The van der Waals surface area contributed by atoms with E-state index in [2.05, 4.69) is 24.0 Å². The maximum Gasteiger partial charge on any atom is 0.223 e. The molecule has 7 nitrogen and oxygen atoms in total. The molecule has 2 amide bonds. The van der Waals surface area contributed by atoms with E-state index >= 15 is 0 Å². The lowest BCUT2D eigenvalue weighted by molar-refractivity contribution is -0.143. The van der Waals surface area contributed by atoms with Crippen molar-refractivity contribution in [1.29, 1.82) is 0 Å². The molecule has 0 N–H and O–H groups in total. The van der Waals surface area contributed by atoms with Gasteiger partial charge in [-0.05, 0) is 43.5 Å². The highest BCUT2D eigenvalue weighted by Gasteiger charge is 2.29. The van der Waals surface area contributed by atoms with Gasteiger partial charge < -0.3 is 9.80 Å². The van der Waals surface area contributed by atoms with Crippen LogP contribution >= 0.6 is 23.4 Å². The number of aromatic nitrogens is 3. The Morgan fingerprint density at radius 3 is 2.46 bits per heavy atom. The number of carbonyl (C=O) groups excluding carboxylic acids is 2. The zero-order chi connectivity index (χ0) is 26.4. The predicted octanol–water partition coefficient (Wildman–Crippen LogP) is 5.57. The number of thioether (sulfide) groups is 1. The van der Waals surface area contributed by atoms with Gasteiger partial charge in [0, 0.05) is 55.5 Å². The first-order valence-electron chi connectivity index (χ1n) is 12.8. The van der Waals surface area contributed by atoms with Gasteiger partial charge in [0.1, 0.15) is 0 Å². The second-order valence-electron chi connectivity index (χ2n) is 9.78. The van der Waals surface area contributed by atoms with Crippen molar-refractivity contribution in [3.63, 3.8) is 0 Å². The van der Waals surface area contributed by atoms with Crippen molar-refractivity contribution >= 4 is 35.2 Å². The van der Waals surface area contributed by atoms with Gasteiger partial charge in [-0.25, -0.2) is 0 Å². The number of nitrogens with zero attached hydrogens (tertiary/aromatic N) is 5. The largest absolute Gasteiger partial charge is 0.339 e. The Morgan fingerprint density at radius 2 is 1.76 bits per heavy atom. The van der Waals surface area contributed by atoms with Gasteiger partial charge in [0.05, 0.1) is 5.02 Å². The molecule has 1 atom stereocenters. The van der Waals surface area contributed by atoms with Crippen LogP contribution in [-0.2, 0) is 9.59 Å². The van der Waals surface area contributed by atoms with Crippen molar-refractivity contribution in [3.8, 4) is 17.1 Å². The number of carbonyl (C=O) groups is 2. The Bertz CT molecular complexity index is 1220. The maximum absolute atomic E-state index is 12.9. The van der Waals surface area contributed by atoms with Gasteiger partial charge in [0.25, 0.3) is 0 Å². The minimum Gasteiger partial charge on any atom is -0.339 e. The van der Waals surface area contributed by atoms with E-state index < -0.39 is 0 Å². The third kappa shape index (κ3) is 6.73. The summed E-state index contributed by atoms with van der Waals surface area (Å²) in [7, 11) is 0. The van der Waals surface area contributed by atoms with E-state index in [1.165, 1.54) is 0 Å². The number of hydrogen-bond acceptors (Lipinski definition) is 5. The van der Waals surface area contributed by atoms with Crippen LogP contribution in [0.3, 0.4) is 0 Å². The summed E-state index contributed by atoms with van der Waals surface area (Å²) >= 11 is 8.05. The van der Waals surface area contributed by atoms with Gasteiger partial charge in [-0.2, -0.15) is 0 Å². The third-order valence-corrected chi connectivity index (χ3v) is 7.76. The normalized spacial score (nSPS) is 15.9. The highest BCUT2D eigenvalue weighted by atomic mass is 35.5. The molecule has 1 aliphatic rings. The van der Waals surface area contributed by atoms with E-state index in [9.17, 15) is 9.59 Å². The van der Waals surface area contributed by atoms with E-state index in [-0.39, 0.29) is 17.9 Å². The molecule has 0 radical (unpaired) electrons. The Kier molecular flexibility index (Phi) is 9.27. The summed E-state index contributed by atoms with van der Waals surface area (Å²) in [6.45, 7) is 7.95. The van der Waals surface area contributed by atoms with E-state index in [0.717, 1.165) is 28.6 Å². The molecular weight excluding hydrogens is 506 g/mol. The number of benzene rings is 2. The van der Waals surface area contributed by atoms with Gasteiger partial charge >= 0.3 is 0 Å². The molecule has 0 saturated carbocycles. The fraction of sp³-hybridized carbons (Fsp3) is 0.429. The molecule has 1 aromatic heterocycles. The standard InChI is InChI=1S/C28H34ClN5O2S/c1-20(2)18-26(36)33-16-15-32(19-21(33)3)25(35)14-9-17-37-28-31-30-27(23-12-7-8-13-24(23)29)34(28)22-10-5-4-6-11-22/h4-8,10-13,20-21H,9,14-19H2,1-3H3. The Balaban J connectivity index is 1.35. The molecule has 2 aromatic carbocycles. The number of hydrogen-bond donors (Lipinski definition) is 0. The monoisotopic (exact) mass is 539 g/mol. The molecule has 4 rings (SSSR count). The fourth-order valence-corrected chi connectivity index (χ4v) is 5.67. The van der Waals surface area contributed by atoms with Crippen LogP contribution in [0.2, 0.25) is 5.02 Å². The average Bonchev–Trinajstić information content (AvgIpc) is 3.30. The molecular formula is C28H34ClN5O2S. The summed E-state index contributed by atoms with van der Waals surface area (Å²) in [5, 5.41) is 10.3. The van der Waals surface area contributed by atoms with Crippen LogP contribution in [-0.4, -0.2) is 67.8 Å². The summed E-state index contributed by atoms with van der Waals surface area (Å²) < 4.78 is 2.02. The molecule has 1 aliphatic heterocycles. The lowest BCUT2D eigenvalue weighted by Crippen LogP contribution is -2.55. The molecule has 3 aromatic rings. The van der Waals surface area contributed by atoms with Crippen molar-refractivity contribution in [3.05, 3.63) is 59.6 Å². The third-order valence-electron chi connectivity index (χ3n) is 6.41. The smallest absolute Gasteiger partial charge is 0.223 e. The molecule has 196 valence electrons. The lowest BCUT2D eigenvalue weighted by atomic mass is 10.1. The summed E-state index contributed by atoms with van der Waals surface area (Å²) in [6.07, 6.45) is 1.76. The molecule has 1 saturated heterocycles. The number of halogens is 1. The van der Waals surface area contributed by atoms with E-state index in [0.29, 0.717) is 49.2 Å². The van der Waals surface area contributed by atoms with Crippen LogP contribution in [0.5, 0.6) is 0 Å². The first-order chi connectivity index (χ1) is 17.8. The molecule has 1 fully saturated rings. The zero-order valence-electron chi connectivity index (χ0n) is 21.6. The number of piperazine rings is 1. The zero-order valence-corrected chi connectivity index (χ0v) is 23.2. The van der Waals surface area contributed by atoms with Gasteiger partial charge in [-0.1, -0.05) is 67.5 Å². The van der Waals surface area contributed by atoms with Crippen molar-refractivity contribution in [1.82, 2.24) is 24.6 Å². The molecule has 37 heavy (non-hydrogen) atoms. The van der Waals surface area contributed by atoms with Crippen LogP contribution in [0.15, 0.2) is 59.8 Å². The molecule has 0 spiro atoms. The first kappa shape index (κ1) is 27.2. The minimum atomic E-state index is 0.0472. The fourth-order valence-electron chi connectivity index (χ4n) is 4.56. The predicted molar refractivity (Wildman–Crippen MR) is 149 cm³/mol. The number of amides is 2.